The minimum absolute atomic E-state index is 0.0988. The topological polar surface area (TPSA) is 62.3 Å². The van der Waals surface area contributed by atoms with Crippen molar-refractivity contribution in [2.24, 2.45) is 0 Å². The standard InChI is InChI=1S/C25H23ClFN3O2S/c1-15-21(13-29-24(31)20-5-3-4-6-23(20)33-2)18-9-10-30(14-16(18)12-28-15)25(32)19-8-7-17(27)11-22(19)26/h3-8,11-12H,9-10,13-14H2,1-2H3,(H,29,31). The number of nitrogens with one attached hydrogen (secondary N) is 1. The van der Waals surface area contributed by atoms with Gasteiger partial charge in [0, 0.05) is 36.4 Å². The summed E-state index contributed by atoms with van der Waals surface area (Å²) in [6, 6.07) is 11.3. The predicted molar refractivity (Wildman–Crippen MR) is 128 cm³/mol. The van der Waals surface area contributed by atoms with Gasteiger partial charge in [-0.05, 0) is 66.6 Å². The van der Waals surface area contributed by atoms with E-state index in [1.807, 2.05) is 37.4 Å². The van der Waals surface area contributed by atoms with Crippen LogP contribution >= 0.6 is 23.4 Å². The van der Waals surface area contributed by atoms with Crippen LogP contribution in [0.4, 0.5) is 4.39 Å². The Morgan fingerprint density at radius 1 is 1.21 bits per heavy atom. The van der Waals surface area contributed by atoms with E-state index in [0.717, 1.165) is 33.3 Å². The number of rotatable bonds is 5. The van der Waals surface area contributed by atoms with Crippen molar-refractivity contribution in [2.45, 2.75) is 31.3 Å². The molecule has 0 saturated carbocycles. The highest BCUT2D eigenvalue weighted by Crippen LogP contribution is 2.27. The number of pyridine rings is 1. The number of carbonyl (C=O) groups is 2. The maximum Gasteiger partial charge on any atom is 0.255 e. The molecule has 8 heteroatoms. The predicted octanol–water partition coefficient (Wildman–Crippen LogP) is 5.03. The SMILES string of the molecule is CSc1ccccc1C(=O)NCc1c(C)ncc2c1CCN(C(=O)c1ccc(F)cc1Cl)C2. The van der Waals surface area contributed by atoms with Crippen LogP contribution in [0.25, 0.3) is 0 Å². The third kappa shape index (κ3) is 4.89. The molecule has 0 unspecified atom stereocenters. The number of hydrogen-bond acceptors (Lipinski definition) is 4. The molecule has 2 aromatic carbocycles. The van der Waals surface area contributed by atoms with E-state index < -0.39 is 5.82 Å². The second kappa shape index (κ2) is 9.93. The summed E-state index contributed by atoms with van der Waals surface area (Å²) in [5.74, 6) is -0.850. The number of benzene rings is 2. The Morgan fingerprint density at radius 2 is 2.00 bits per heavy atom. The summed E-state index contributed by atoms with van der Waals surface area (Å²) in [4.78, 5) is 32.9. The van der Waals surface area contributed by atoms with E-state index in [4.69, 9.17) is 11.6 Å². The smallest absolute Gasteiger partial charge is 0.255 e. The summed E-state index contributed by atoms with van der Waals surface area (Å²) < 4.78 is 13.4. The third-order valence-corrected chi connectivity index (χ3v) is 6.93. The van der Waals surface area contributed by atoms with Crippen LogP contribution in [0.15, 0.2) is 53.6 Å². The van der Waals surface area contributed by atoms with Crippen LogP contribution in [0.2, 0.25) is 5.02 Å². The molecular weight excluding hydrogens is 461 g/mol. The van der Waals surface area contributed by atoms with Gasteiger partial charge in [-0.3, -0.25) is 14.6 Å². The van der Waals surface area contributed by atoms with Gasteiger partial charge in [-0.15, -0.1) is 11.8 Å². The van der Waals surface area contributed by atoms with Crippen molar-refractivity contribution in [1.29, 1.82) is 0 Å². The van der Waals surface area contributed by atoms with Gasteiger partial charge < -0.3 is 10.2 Å². The molecule has 0 aliphatic carbocycles. The number of amides is 2. The van der Waals surface area contributed by atoms with Gasteiger partial charge in [0.15, 0.2) is 0 Å². The van der Waals surface area contributed by atoms with Gasteiger partial charge in [-0.25, -0.2) is 4.39 Å². The Morgan fingerprint density at radius 3 is 2.76 bits per heavy atom. The van der Waals surface area contributed by atoms with Gasteiger partial charge in [-0.2, -0.15) is 0 Å². The summed E-state index contributed by atoms with van der Waals surface area (Å²) in [7, 11) is 0. The molecule has 2 amide bonds. The van der Waals surface area contributed by atoms with E-state index in [2.05, 4.69) is 10.3 Å². The fraction of sp³-hybridized carbons (Fsp3) is 0.240. The summed E-state index contributed by atoms with van der Waals surface area (Å²) in [5.41, 5.74) is 4.81. The average molecular weight is 484 g/mol. The average Bonchev–Trinajstić information content (AvgIpc) is 2.82. The number of aromatic nitrogens is 1. The summed E-state index contributed by atoms with van der Waals surface area (Å²) in [6.45, 7) is 3.17. The molecule has 0 radical (unpaired) electrons. The van der Waals surface area contributed by atoms with Crippen LogP contribution in [0.1, 0.15) is 43.1 Å². The van der Waals surface area contributed by atoms with Crippen LogP contribution in [0.3, 0.4) is 0 Å². The van der Waals surface area contributed by atoms with Crippen molar-refractivity contribution in [3.63, 3.8) is 0 Å². The molecule has 1 aromatic heterocycles. The molecule has 33 heavy (non-hydrogen) atoms. The number of thioether (sulfide) groups is 1. The number of fused-ring (bicyclic) bond motifs is 1. The first-order chi connectivity index (χ1) is 15.9. The highest BCUT2D eigenvalue weighted by molar-refractivity contribution is 7.98. The van der Waals surface area contributed by atoms with Gasteiger partial charge in [0.1, 0.15) is 5.82 Å². The Hall–Kier alpha value is -2.90. The van der Waals surface area contributed by atoms with Crippen molar-refractivity contribution >= 4 is 35.2 Å². The number of halogens is 2. The Labute approximate surface area is 201 Å². The Kier molecular flexibility index (Phi) is 7.00. The Balaban J connectivity index is 1.52. The minimum atomic E-state index is -0.480. The van der Waals surface area contributed by atoms with Gasteiger partial charge in [0.2, 0.25) is 0 Å². The largest absolute Gasteiger partial charge is 0.348 e. The number of hydrogen-bond donors (Lipinski definition) is 1. The summed E-state index contributed by atoms with van der Waals surface area (Å²) in [5, 5.41) is 3.13. The molecule has 1 N–H and O–H groups in total. The van der Waals surface area contributed by atoms with Crippen LogP contribution < -0.4 is 5.32 Å². The highest BCUT2D eigenvalue weighted by Gasteiger charge is 2.26. The molecule has 170 valence electrons. The van der Waals surface area contributed by atoms with E-state index >= 15 is 0 Å². The number of carbonyl (C=O) groups excluding carboxylic acids is 2. The van der Waals surface area contributed by atoms with Crippen LogP contribution in [-0.2, 0) is 19.5 Å². The molecule has 0 bridgehead atoms. The quantitative estimate of drug-likeness (QED) is 0.517. The first-order valence-corrected chi connectivity index (χ1v) is 12.1. The fourth-order valence-corrected chi connectivity index (χ4v) is 4.90. The zero-order valence-electron chi connectivity index (χ0n) is 18.3. The lowest BCUT2D eigenvalue weighted by Gasteiger charge is -2.31. The van der Waals surface area contributed by atoms with Crippen molar-refractivity contribution in [2.75, 3.05) is 12.8 Å². The Bertz CT molecular complexity index is 1230. The molecule has 4 rings (SSSR count). The minimum Gasteiger partial charge on any atom is -0.348 e. The molecule has 0 fully saturated rings. The van der Waals surface area contributed by atoms with E-state index in [0.29, 0.717) is 31.6 Å². The molecule has 1 aliphatic heterocycles. The first kappa shape index (κ1) is 23.3. The third-order valence-electron chi connectivity index (χ3n) is 5.82. The first-order valence-electron chi connectivity index (χ1n) is 10.5. The van der Waals surface area contributed by atoms with E-state index in [9.17, 15) is 14.0 Å². The molecule has 0 atom stereocenters. The second-order valence-electron chi connectivity index (χ2n) is 7.81. The molecule has 5 nitrogen and oxygen atoms in total. The lowest BCUT2D eigenvalue weighted by molar-refractivity contribution is 0.0734. The van der Waals surface area contributed by atoms with Gasteiger partial charge in [0.05, 0.1) is 16.1 Å². The van der Waals surface area contributed by atoms with Gasteiger partial charge in [0.25, 0.3) is 11.8 Å². The normalized spacial score (nSPS) is 12.9. The van der Waals surface area contributed by atoms with E-state index in [1.165, 1.54) is 23.9 Å². The lowest BCUT2D eigenvalue weighted by Crippen LogP contribution is -2.37. The monoisotopic (exact) mass is 483 g/mol. The van der Waals surface area contributed by atoms with E-state index in [-0.39, 0.29) is 22.4 Å². The van der Waals surface area contributed by atoms with Crippen molar-refractivity contribution < 1.29 is 14.0 Å². The van der Waals surface area contributed by atoms with Crippen LogP contribution in [0.5, 0.6) is 0 Å². The summed E-state index contributed by atoms with van der Waals surface area (Å²) in [6.07, 6.45) is 4.36. The number of aryl methyl sites for hydroxylation is 1. The highest BCUT2D eigenvalue weighted by atomic mass is 35.5. The lowest BCUT2D eigenvalue weighted by atomic mass is 9.94. The van der Waals surface area contributed by atoms with Gasteiger partial charge in [-0.1, -0.05) is 23.7 Å². The molecule has 0 saturated heterocycles. The maximum absolute atomic E-state index is 13.4. The van der Waals surface area contributed by atoms with E-state index in [1.54, 1.807) is 11.1 Å². The molecular formula is C25H23ClFN3O2S. The number of nitrogens with zero attached hydrogens (tertiary/aromatic N) is 2. The zero-order chi connectivity index (χ0) is 23.5. The van der Waals surface area contributed by atoms with Crippen molar-refractivity contribution in [1.82, 2.24) is 15.2 Å². The van der Waals surface area contributed by atoms with Crippen LogP contribution in [0, 0.1) is 12.7 Å². The molecule has 1 aliphatic rings. The van der Waals surface area contributed by atoms with Crippen LogP contribution in [-0.4, -0.2) is 34.5 Å². The fourth-order valence-electron chi connectivity index (χ4n) is 4.06. The van der Waals surface area contributed by atoms with Crippen molar-refractivity contribution in [3.8, 4) is 0 Å². The second-order valence-corrected chi connectivity index (χ2v) is 9.07. The molecule has 2 heterocycles. The zero-order valence-corrected chi connectivity index (χ0v) is 19.9. The summed E-state index contributed by atoms with van der Waals surface area (Å²) >= 11 is 7.62. The molecule has 0 spiro atoms. The van der Waals surface area contributed by atoms with Crippen molar-refractivity contribution in [3.05, 3.63) is 93.0 Å². The van der Waals surface area contributed by atoms with Gasteiger partial charge >= 0.3 is 0 Å². The molecule has 3 aromatic rings. The maximum atomic E-state index is 13.4.